The van der Waals surface area contributed by atoms with Crippen molar-refractivity contribution in [1.82, 2.24) is 20.4 Å². The van der Waals surface area contributed by atoms with Crippen LogP contribution in [-0.2, 0) is 38.2 Å². The molecule has 196 valence electrons. The second-order valence-corrected chi connectivity index (χ2v) is 7.88. The van der Waals surface area contributed by atoms with E-state index in [2.05, 4.69) is 10.6 Å². The standard InChI is InChI=1S/C23H36N4O8/c1-34-15-5-3-7-20(30)27(21(31)8-4-6-16-35-2)17-19(29)25-13-12-24-18(28)11-14-26-22(32)9-10-23(26)33/h9-10H,3-8,11-17H2,1-2H3,(H,24,28)(H,25,29). The Labute approximate surface area is 205 Å². The molecule has 0 radical (unpaired) electrons. The first-order valence-corrected chi connectivity index (χ1v) is 11.7. The number of hydrogen-bond acceptors (Lipinski definition) is 8. The number of ether oxygens (including phenoxy) is 2. The van der Waals surface area contributed by atoms with Gasteiger partial charge >= 0.3 is 0 Å². The molecule has 0 bridgehead atoms. The fourth-order valence-electron chi connectivity index (χ4n) is 3.19. The quantitative estimate of drug-likeness (QED) is 0.191. The lowest BCUT2D eigenvalue weighted by atomic mass is 10.2. The molecule has 0 saturated carbocycles. The number of methoxy groups -OCH3 is 2. The van der Waals surface area contributed by atoms with Gasteiger partial charge in [0.1, 0.15) is 6.54 Å². The summed E-state index contributed by atoms with van der Waals surface area (Å²) in [6.45, 7) is 0.785. The van der Waals surface area contributed by atoms with E-state index in [-0.39, 0.29) is 44.8 Å². The number of nitrogens with zero attached hydrogens (tertiary/aromatic N) is 2. The molecule has 35 heavy (non-hydrogen) atoms. The molecule has 0 aliphatic carbocycles. The van der Waals surface area contributed by atoms with E-state index >= 15 is 0 Å². The van der Waals surface area contributed by atoms with Crippen LogP contribution in [0.1, 0.15) is 44.9 Å². The Kier molecular flexibility index (Phi) is 14.8. The lowest BCUT2D eigenvalue weighted by Crippen LogP contribution is -2.45. The molecule has 6 amide bonds. The zero-order chi connectivity index (χ0) is 26.1. The molecule has 2 N–H and O–H groups in total. The Morgan fingerprint density at radius 3 is 1.74 bits per heavy atom. The average molecular weight is 497 g/mol. The molecule has 0 unspecified atom stereocenters. The van der Waals surface area contributed by atoms with Crippen LogP contribution in [0.4, 0.5) is 0 Å². The molecule has 12 nitrogen and oxygen atoms in total. The third kappa shape index (κ3) is 12.2. The normalized spacial score (nSPS) is 12.7. The van der Waals surface area contributed by atoms with Crippen LogP contribution in [0, 0.1) is 0 Å². The molecule has 0 spiro atoms. The number of imide groups is 2. The lowest BCUT2D eigenvalue weighted by Gasteiger charge is -2.21. The number of carbonyl (C=O) groups is 6. The largest absolute Gasteiger partial charge is 0.385 e. The SMILES string of the molecule is COCCCCC(=O)N(CC(=O)NCCNC(=O)CCN1C(=O)C=CC1=O)C(=O)CCCCOC. The predicted molar refractivity (Wildman–Crippen MR) is 125 cm³/mol. The molecule has 1 heterocycles. The Morgan fingerprint density at radius 2 is 1.26 bits per heavy atom. The van der Waals surface area contributed by atoms with Crippen molar-refractivity contribution in [3.63, 3.8) is 0 Å². The fourth-order valence-corrected chi connectivity index (χ4v) is 3.19. The van der Waals surface area contributed by atoms with E-state index in [1.165, 1.54) is 0 Å². The number of carbonyl (C=O) groups excluding carboxylic acids is 6. The maximum Gasteiger partial charge on any atom is 0.253 e. The van der Waals surface area contributed by atoms with E-state index in [4.69, 9.17) is 9.47 Å². The highest BCUT2D eigenvalue weighted by atomic mass is 16.5. The van der Waals surface area contributed by atoms with Gasteiger partial charge in [-0.05, 0) is 25.7 Å². The molecule has 1 rings (SSSR count). The third-order valence-electron chi connectivity index (χ3n) is 5.11. The first kappa shape index (κ1) is 29.9. The summed E-state index contributed by atoms with van der Waals surface area (Å²) in [6, 6.07) is 0. The minimum Gasteiger partial charge on any atom is -0.385 e. The van der Waals surface area contributed by atoms with Crippen LogP contribution in [0.15, 0.2) is 12.2 Å². The molecule has 0 aromatic rings. The highest BCUT2D eigenvalue weighted by Crippen LogP contribution is 2.07. The van der Waals surface area contributed by atoms with Gasteiger partial charge in [-0.25, -0.2) is 0 Å². The third-order valence-corrected chi connectivity index (χ3v) is 5.11. The fraction of sp³-hybridized carbons (Fsp3) is 0.652. The molecule has 0 saturated heterocycles. The van der Waals surface area contributed by atoms with Gasteiger partial charge < -0.3 is 20.1 Å². The van der Waals surface area contributed by atoms with Gasteiger partial charge in [-0.15, -0.1) is 0 Å². The summed E-state index contributed by atoms with van der Waals surface area (Å²) in [5.41, 5.74) is 0. The van der Waals surface area contributed by atoms with Crippen molar-refractivity contribution in [1.29, 1.82) is 0 Å². The molecule has 0 aromatic heterocycles. The van der Waals surface area contributed by atoms with Gasteiger partial charge in [0.2, 0.25) is 23.6 Å². The van der Waals surface area contributed by atoms with E-state index in [1.807, 2.05) is 0 Å². The lowest BCUT2D eigenvalue weighted by molar-refractivity contribution is -0.148. The summed E-state index contributed by atoms with van der Waals surface area (Å²) in [5, 5.41) is 5.15. The van der Waals surface area contributed by atoms with Crippen LogP contribution >= 0.6 is 0 Å². The van der Waals surface area contributed by atoms with Crippen molar-refractivity contribution in [2.45, 2.75) is 44.9 Å². The Hall–Kier alpha value is -3.12. The van der Waals surface area contributed by atoms with E-state index in [0.29, 0.717) is 38.9 Å². The van der Waals surface area contributed by atoms with Crippen LogP contribution in [-0.4, -0.2) is 98.9 Å². The van der Waals surface area contributed by atoms with Gasteiger partial charge in [0, 0.05) is 78.5 Å². The van der Waals surface area contributed by atoms with Crippen LogP contribution in [0.25, 0.3) is 0 Å². The van der Waals surface area contributed by atoms with Crippen molar-refractivity contribution in [2.75, 3.05) is 53.6 Å². The molecule has 1 aliphatic heterocycles. The number of rotatable bonds is 18. The van der Waals surface area contributed by atoms with E-state index < -0.39 is 36.1 Å². The summed E-state index contributed by atoms with van der Waals surface area (Å²) < 4.78 is 9.92. The maximum atomic E-state index is 12.6. The molecule has 12 heteroatoms. The van der Waals surface area contributed by atoms with Crippen molar-refractivity contribution < 1.29 is 38.2 Å². The van der Waals surface area contributed by atoms with Gasteiger partial charge in [-0.2, -0.15) is 0 Å². The average Bonchev–Trinajstić information content (AvgIpc) is 3.16. The van der Waals surface area contributed by atoms with Gasteiger partial charge in [0.05, 0.1) is 0 Å². The Bertz CT molecular complexity index is 741. The second kappa shape index (κ2) is 17.3. The first-order valence-electron chi connectivity index (χ1n) is 11.7. The highest BCUT2D eigenvalue weighted by Gasteiger charge is 2.24. The van der Waals surface area contributed by atoms with Crippen LogP contribution in [0.2, 0.25) is 0 Å². The topological polar surface area (TPSA) is 151 Å². The summed E-state index contributed by atoms with van der Waals surface area (Å²) in [6.07, 6.45) is 4.91. The second-order valence-electron chi connectivity index (χ2n) is 7.88. The molecular formula is C23H36N4O8. The number of hydrogen-bond donors (Lipinski definition) is 2. The van der Waals surface area contributed by atoms with Crippen LogP contribution in [0.3, 0.4) is 0 Å². The Balaban J connectivity index is 2.40. The first-order chi connectivity index (χ1) is 16.8. The van der Waals surface area contributed by atoms with E-state index in [9.17, 15) is 28.8 Å². The van der Waals surface area contributed by atoms with Crippen molar-refractivity contribution in [3.8, 4) is 0 Å². The summed E-state index contributed by atoms with van der Waals surface area (Å²) >= 11 is 0. The molecule has 0 atom stereocenters. The van der Waals surface area contributed by atoms with Crippen LogP contribution < -0.4 is 10.6 Å². The highest BCUT2D eigenvalue weighted by molar-refractivity contribution is 6.13. The predicted octanol–water partition coefficient (Wildman–Crippen LogP) is -0.477. The minimum absolute atomic E-state index is 0.0309. The van der Waals surface area contributed by atoms with E-state index in [1.54, 1.807) is 14.2 Å². The Morgan fingerprint density at radius 1 is 0.771 bits per heavy atom. The van der Waals surface area contributed by atoms with Crippen LogP contribution in [0.5, 0.6) is 0 Å². The molecule has 0 aromatic carbocycles. The number of amides is 6. The zero-order valence-electron chi connectivity index (χ0n) is 20.5. The van der Waals surface area contributed by atoms with Gasteiger partial charge in [0.25, 0.3) is 11.8 Å². The van der Waals surface area contributed by atoms with Gasteiger partial charge in [-0.1, -0.05) is 0 Å². The minimum atomic E-state index is -0.519. The summed E-state index contributed by atoms with van der Waals surface area (Å²) in [4.78, 5) is 74.2. The monoisotopic (exact) mass is 496 g/mol. The molecule has 1 aliphatic rings. The number of unbranched alkanes of at least 4 members (excludes halogenated alkanes) is 2. The summed E-state index contributed by atoms with van der Waals surface area (Å²) in [7, 11) is 3.13. The van der Waals surface area contributed by atoms with Gasteiger partial charge in [0.15, 0.2) is 0 Å². The van der Waals surface area contributed by atoms with E-state index in [0.717, 1.165) is 22.0 Å². The van der Waals surface area contributed by atoms with Crippen molar-refractivity contribution in [3.05, 3.63) is 12.2 Å². The van der Waals surface area contributed by atoms with Crippen molar-refractivity contribution >= 4 is 35.4 Å². The van der Waals surface area contributed by atoms with Gasteiger partial charge in [-0.3, -0.25) is 38.6 Å². The van der Waals surface area contributed by atoms with Crippen molar-refractivity contribution in [2.24, 2.45) is 0 Å². The summed E-state index contributed by atoms with van der Waals surface area (Å²) in [5.74, 6) is -2.65. The maximum absolute atomic E-state index is 12.6. The molecule has 0 fully saturated rings. The molecular weight excluding hydrogens is 460 g/mol. The number of nitrogens with one attached hydrogen (secondary N) is 2. The smallest absolute Gasteiger partial charge is 0.253 e. The zero-order valence-corrected chi connectivity index (χ0v) is 20.5.